The van der Waals surface area contributed by atoms with Gasteiger partial charge in [0.05, 0.1) is 11.8 Å². The van der Waals surface area contributed by atoms with Crippen LogP contribution in [0, 0.1) is 5.95 Å². The zero-order valence-electron chi connectivity index (χ0n) is 14.7. The van der Waals surface area contributed by atoms with Gasteiger partial charge in [-0.15, -0.1) is 5.10 Å². The van der Waals surface area contributed by atoms with Gasteiger partial charge in [0.25, 0.3) is 6.43 Å². The van der Waals surface area contributed by atoms with Gasteiger partial charge in [0.2, 0.25) is 5.95 Å². The maximum absolute atomic E-state index is 13.5. The minimum Gasteiger partial charge on any atom is -0.375 e. The van der Waals surface area contributed by atoms with E-state index in [-0.39, 0.29) is 24.3 Å². The highest BCUT2D eigenvalue weighted by molar-refractivity contribution is 5.83. The highest BCUT2D eigenvalue weighted by Crippen LogP contribution is 2.23. The van der Waals surface area contributed by atoms with Gasteiger partial charge in [0.15, 0.2) is 5.65 Å². The van der Waals surface area contributed by atoms with Crippen molar-refractivity contribution in [2.45, 2.75) is 32.3 Å². The van der Waals surface area contributed by atoms with Gasteiger partial charge in [-0.05, 0) is 24.6 Å². The lowest BCUT2D eigenvalue weighted by Gasteiger charge is -2.16. The van der Waals surface area contributed by atoms with Gasteiger partial charge in [-0.1, -0.05) is 0 Å². The first-order valence-electron chi connectivity index (χ1n) is 8.19. The minimum atomic E-state index is -2.70. The Kier molecular flexibility index (Phi) is 5.50. The van der Waals surface area contributed by atoms with Crippen molar-refractivity contribution in [2.24, 2.45) is 0 Å². The molecular weight excluding hydrogens is 361 g/mol. The molecule has 0 fully saturated rings. The summed E-state index contributed by atoms with van der Waals surface area (Å²) in [6, 6.07) is 3.92. The summed E-state index contributed by atoms with van der Waals surface area (Å²) in [5, 5.41) is 3.77. The van der Waals surface area contributed by atoms with E-state index >= 15 is 0 Å². The van der Waals surface area contributed by atoms with Crippen molar-refractivity contribution in [2.75, 3.05) is 7.11 Å². The van der Waals surface area contributed by atoms with Crippen molar-refractivity contribution in [1.82, 2.24) is 19.6 Å². The Balaban J connectivity index is 1.87. The molecule has 0 spiro atoms. The number of alkyl halides is 2. The molecule has 0 amide bonds. The molecule has 142 valence electrons. The number of nitrogens with zero attached hydrogens (tertiary/aromatic N) is 4. The molecule has 0 N–H and O–H groups in total. The normalized spacial score (nSPS) is 12.7. The Bertz CT molecular complexity index is 974. The van der Waals surface area contributed by atoms with E-state index in [1.807, 2.05) is 0 Å². The molecule has 0 unspecified atom stereocenters. The lowest BCUT2D eigenvalue weighted by atomic mass is 10.0. The molecule has 3 aromatic heterocycles. The summed E-state index contributed by atoms with van der Waals surface area (Å²) in [6.45, 7) is 1.75. The molecule has 0 radical (unpaired) electrons. The molecule has 3 heterocycles. The van der Waals surface area contributed by atoms with Crippen LogP contribution in [0.1, 0.15) is 42.0 Å². The van der Waals surface area contributed by atoms with Crippen LogP contribution >= 0.6 is 0 Å². The molecule has 6 nitrogen and oxygen atoms in total. The molecule has 1 atom stereocenters. The second-order valence-electron chi connectivity index (χ2n) is 6.07. The van der Waals surface area contributed by atoms with Gasteiger partial charge in [-0.25, -0.2) is 18.3 Å². The van der Waals surface area contributed by atoms with Gasteiger partial charge in [-0.3, -0.25) is 9.78 Å². The molecule has 27 heavy (non-hydrogen) atoms. The highest BCUT2D eigenvalue weighted by Gasteiger charge is 2.20. The number of Topliss-reactive ketones (excluding diaryl/α,β-unsaturated/α-hetero) is 1. The molecular formula is C18H17F3N4O2. The predicted octanol–water partition coefficient (Wildman–Crippen LogP) is 3.26. The summed E-state index contributed by atoms with van der Waals surface area (Å²) in [5.41, 5.74) is 1.43. The number of hydrogen-bond donors (Lipinski definition) is 0. The van der Waals surface area contributed by atoms with Crippen molar-refractivity contribution in [1.29, 1.82) is 0 Å². The topological polar surface area (TPSA) is 69.4 Å². The van der Waals surface area contributed by atoms with Gasteiger partial charge in [-0.2, -0.15) is 4.39 Å². The molecule has 9 heteroatoms. The number of rotatable bonds is 7. The van der Waals surface area contributed by atoms with E-state index in [1.54, 1.807) is 6.92 Å². The van der Waals surface area contributed by atoms with E-state index in [4.69, 9.17) is 4.74 Å². The van der Waals surface area contributed by atoms with E-state index in [9.17, 15) is 18.0 Å². The van der Waals surface area contributed by atoms with Crippen LogP contribution in [0.5, 0.6) is 0 Å². The summed E-state index contributed by atoms with van der Waals surface area (Å²) in [5.74, 6) is -0.897. The van der Waals surface area contributed by atoms with E-state index in [1.165, 1.54) is 42.2 Å². The van der Waals surface area contributed by atoms with Gasteiger partial charge >= 0.3 is 0 Å². The van der Waals surface area contributed by atoms with Crippen LogP contribution in [0.2, 0.25) is 0 Å². The first-order chi connectivity index (χ1) is 12.9. The maximum Gasteiger partial charge on any atom is 0.280 e. The zero-order valence-corrected chi connectivity index (χ0v) is 14.7. The van der Waals surface area contributed by atoms with Crippen molar-refractivity contribution in [3.8, 4) is 0 Å². The summed E-state index contributed by atoms with van der Waals surface area (Å²) in [4.78, 5) is 20.2. The number of ether oxygens (including phenoxy) is 1. The predicted molar refractivity (Wildman–Crippen MR) is 90.0 cm³/mol. The molecule has 0 aromatic carbocycles. The van der Waals surface area contributed by atoms with Gasteiger partial charge < -0.3 is 4.74 Å². The van der Waals surface area contributed by atoms with Crippen LogP contribution in [0.4, 0.5) is 13.2 Å². The zero-order chi connectivity index (χ0) is 19.6. The third-order valence-corrected chi connectivity index (χ3v) is 4.17. The van der Waals surface area contributed by atoms with Crippen LogP contribution in [-0.4, -0.2) is 32.5 Å². The number of carbonyl (C=O) groups excluding carboxylic acids is 1. The van der Waals surface area contributed by atoms with Crippen LogP contribution in [0.3, 0.4) is 0 Å². The Morgan fingerprint density at radius 2 is 2.04 bits per heavy atom. The smallest absolute Gasteiger partial charge is 0.280 e. The quantitative estimate of drug-likeness (QED) is 0.631. The SMILES string of the molecule is CO[C@@H](C)c1c(CC(=O)Cc2ccnc(C(F)F)c2)cnc2cc(F)nn12. The third-order valence-electron chi connectivity index (χ3n) is 4.17. The Morgan fingerprint density at radius 3 is 2.74 bits per heavy atom. The molecule has 0 bridgehead atoms. The van der Waals surface area contributed by atoms with Crippen molar-refractivity contribution in [3.63, 3.8) is 0 Å². The first kappa shape index (κ1) is 19.0. The minimum absolute atomic E-state index is 0.0141. The molecule has 3 rings (SSSR count). The second kappa shape index (κ2) is 7.83. The number of pyridine rings is 1. The fourth-order valence-corrected chi connectivity index (χ4v) is 2.87. The Labute approximate surface area is 153 Å². The number of hydrogen-bond acceptors (Lipinski definition) is 5. The van der Waals surface area contributed by atoms with Crippen LogP contribution in [0.25, 0.3) is 5.65 Å². The average Bonchev–Trinajstić information content (AvgIpc) is 3.01. The summed E-state index contributed by atoms with van der Waals surface area (Å²) >= 11 is 0. The fraction of sp³-hybridized carbons (Fsp3) is 0.333. The summed E-state index contributed by atoms with van der Waals surface area (Å²) in [7, 11) is 1.49. The van der Waals surface area contributed by atoms with Crippen LogP contribution < -0.4 is 0 Å². The highest BCUT2D eigenvalue weighted by atomic mass is 19.3. The lowest BCUT2D eigenvalue weighted by Crippen LogP contribution is -2.15. The molecule has 0 saturated carbocycles. The van der Waals surface area contributed by atoms with E-state index in [2.05, 4.69) is 15.1 Å². The lowest BCUT2D eigenvalue weighted by molar-refractivity contribution is -0.117. The summed E-state index contributed by atoms with van der Waals surface area (Å²) < 4.78 is 45.6. The number of halogens is 3. The largest absolute Gasteiger partial charge is 0.375 e. The number of fused-ring (bicyclic) bond motifs is 1. The molecule has 0 saturated heterocycles. The number of ketones is 1. The van der Waals surface area contributed by atoms with E-state index in [0.717, 1.165) is 0 Å². The summed E-state index contributed by atoms with van der Waals surface area (Å²) in [6.07, 6.45) is -0.465. The van der Waals surface area contributed by atoms with Crippen molar-refractivity contribution >= 4 is 11.4 Å². The van der Waals surface area contributed by atoms with Crippen molar-refractivity contribution in [3.05, 3.63) is 59.1 Å². The molecule has 0 aliphatic rings. The maximum atomic E-state index is 13.5. The molecule has 3 aromatic rings. The number of methoxy groups -OCH3 is 1. The number of aromatic nitrogens is 4. The first-order valence-corrected chi connectivity index (χ1v) is 8.19. The number of carbonyl (C=O) groups is 1. The molecule has 0 aliphatic heterocycles. The Hall–Kier alpha value is -2.81. The average molecular weight is 378 g/mol. The van der Waals surface area contributed by atoms with Gasteiger partial charge in [0.1, 0.15) is 11.5 Å². The second-order valence-corrected chi connectivity index (χ2v) is 6.07. The fourth-order valence-electron chi connectivity index (χ4n) is 2.87. The Morgan fingerprint density at radius 1 is 1.26 bits per heavy atom. The van der Waals surface area contributed by atoms with E-state index in [0.29, 0.717) is 22.5 Å². The van der Waals surface area contributed by atoms with E-state index < -0.39 is 18.5 Å². The molecule has 0 aliphatic carbocycles. The van der Waals surface area contributed by atoms with Crippen LogP contribution in [0.15, 0.2) is 30.6 Å². The standard InChI is InChI=1S/C18H17F3N4O2/c1-10(27-2)17-12(9-23-16-8-15(19)24-25(16)17)7-13(26)5-11-3-4-22-14(6-11)18(20)21/h3-4,6,8-10,18H,5,7H2,1-2H3/t10-/m0/s1. The van der Waals surface area contributed by atoms with Crippen molar-refractivity contribution < 1.29 is 22.7 Å². The monoisotopic (exact) mass is 378 g/mol. The third kappa shape index (κ3) is 4.13. The van der Waals surface area contributed by atoms with Crippen LogP contribution in [-0.2, 0) is 22.4 Å². The van der Waals surface area contributed by atoms with Gasteiger partial charge in [0, 0.05) is 44.0 Å².